The summed E-state index contributed by atoms with van der Waals surface area (Å²) in [5.41, 5.74) is 1.83. The van der Waals surface area contributed by atoms with Crippen LogP contribution >= 0.6 is 0 Å². The normalized spacial score (nSPS) is 16.7. The zero-order chi connectivity index (χ0) is 21.0. The molecule has 0 amide bonds. The number of methoxy groups -OCH3 is 1. The van der Waals surface area contributed by atoms with Crippen LogP contribution in [-0.4, -0.2) is 71.0 Å². The van der Waals surface area contributed by atoms with Crippen molar-refractivity contribution < 1.29 is 14.9 Å². The van der Waals surface area contributed by atoms with E-state index in [0.717, 1.165) is 37.4 Å². The van der Waals surface area contributed by atoms with E-state index >= 15 is 0 Å². The van der Waals surface area contributed by atoms with Gasteiger partial charge >= 0.3 is 0 Å². The lowest BCUT2D eigenvalue weighted by molar-refractivity contribution is 0.0925. The van der Waals surface area contributed by atoms with Crippen LogP contribution < -0.4 is 10.3 Å². The van der Waals surface area contributed by atoms with Crippen LogP contribution in [0, 0.1) is 6.92 Å². The van der Waals surface area contributed by atoms with Crippen molar-refractivity contribution in [2.24, 2.45) is 0 Å². The lowest BCUT2D eigenvalue weighted by atomic mass is 9.95. The van der Waals surface area contributed by atoms with Crippen LogP contribution in [0.3, 0.4) is 0 Å². The summed E-state index contributed by atoms with van der Waals surface area (Å²) >= 11 is 0. The van der Waals surface area contributed by atoms with E-state index in [-0.39, 0.29) is 17.9 Å². The van der Waals surface area contributed by atoms with E-state index in [2.05, 4.69) is 9.80 Å². The Labute approximate surface area is 171 Å². The number of β-amino-alcohol motifs (C(OH)–C–C–N with tert-alkyl or cyclic N) is 1. The molecule has 29 heavy (non-hydrogen) atoms. The molecule has 7 heteroatoms. The molecular formula is C22H31N3O4. The molecule has 0 aliphatic carbocycles. The van der Waals surface area contributed by atoms with Crippen molar-refractivity contribution in [1.29, 1.82) is 0 Å². The van der Waals surface area contributed by atoms with E-state index in [0.29, 0.717) is 24.4 Å². The third-order valence-corrected chi connectivity index (χ3v) is 5.73. The Bertz CT molecular complexity index is 888. The summed E-state index contributed by atoms with van der Waals surface area (Å²) in [7, 11) is 1.62. The molecule has 158 valence electrons. The first-order chi connectivity index (χ1) is 14.0. The van der Waals surface area contributed by atoms with Crippen LogP contribution in [0.1, 0.15) is 29.8 Å². The fourth-order valence-electron chi connectivity index (χ4n) is 4.23. The van der Waals surface area contributed by atoms with Gasteiger partial charge in [-0.15, -0.1) is 0 Å². The van der Waals surface area contributed by atoms with Crippen molar-refractivity contribution in [3.05, 3.63) is 57.5 Å². The van der Waals surface area contributed by atoms with Gasteiger partial charge in [-0.3, -0.25) is 14.6 Å². The summed E-state index contributed by atoms with van der Waals surface area (Å²) in [6.07, 6.45) is 0. The summed E-state index contributed by atoms with van der Waals surface area (Å²) < 4.78 is 7.29. The van der Waals surface area contributed by atoms with Crippen LogP contribution in [0.25, 0.3) is 0 Å². The van der Waals surface area contributed by atoms with Gasteiger partial charge in [-0.2, -0.15) is 0 Å². The Hall–Kier alpha value is -2.35. The minimum atomic E-state index is -0.409. The number of rotatable bonds is 7. The van der Waals surface area contributed by atoms with Crippen LogP contribution in [0.4, 0.5) is 0 Å². The highest BCUT2D eigenvalue weighted by atomic mass is 16.5. The van der Waals surface area contributed by atoms with Gasteiger partial charge in [0.05, 0.1) is 25.3 Å². The summed E-state index contributed by atoms with van der Waals surface area (Å²) in [6, 6.07) is 8.93. The number of benzene rings is 1. The number of aliphatic hydroxyl groups excluding tert-OH is 1. The third-order valence-electron chi connectivity index (χ3n) is 5.73. The van der Waals surface area contributed by atoms with Gasteiger partial charge in [-0.1, -0.05) is 18.2 Å². The first kappa shape index (κ1) is 21.4. The maximum Gasteiger partial charge on any atom is 0.259 e. The average Bonchev–Trinajstić information content (AvgIpc) is 2.72. The van der Waals surface area contributed by atoms with Gasteiger partial charge in [0.2, 0.25) is 0 Å². The molecule has 1 fully saturated rings. The topological polar surface area (TPSA) is 78.2 Å². The van der Waals surface area contributed by atoms with Crippen molar-refractivity contribution in [1.82, 2.24) is 14.4 Å². The number of hydrogen-bond acceptors (Lipinski definition) is 6. The van der Waals surface area contributed by atoms with E-state index in [4.69, 9.17) is 4.74 Å². The Kier molecular flexibility index (Phi) is 6.95. The Morgan fingerprint density at radius 3 is 2.48 bits per heavy atom. The zero-order valence-electron chi connectivity index (χ0n) is 17.5. The highest BCUT2D eigenvalue weighted by molar-refractivity contribution is 5.46. The maximum atomic E-state index is 13.4. The third kappa shape index (κ3) is 4.32. The quantitative estimate of drug-likeness (QED) is 0.734. The predicted octanol–water partition coefficient (Wildman–Crippen LogP) is 1.59. The second-order valence-electron chi connectivity index (χ2n) is 7.38. The largest absolute Gasteiger partial charge is 0.507 e. The SMILES string of the molecule is CCn1c(C)cc(O)c([C@H](c2ccccc2OC)N2CCN(CCO)CC2)c1=O. The van der Waals surface area contributed by atoms with Crippen LogP contribution in [0.15, 0.2) is 35.1 Å². The van der Waals surface area contributed by atoms with E-state index in [1.54, 1.807) is 17.7 Å². The number of aromatic hydroxyl groups is 1. The number of pyridine rings is 1. The van der Waals surface area contributed by atoms with Crippen LogP contribution in [0.5, 0.6) is 11.5 Å². The number of para-hydroxylation sites is 1. The molecule has 1 atom stereocenters. The monoisotopic (exact) mass is 401 g/mol. The summed E-state index contributed by atoms with van der Waals surface area (Å²) in [4.78, 5) is 17.8. The average molecular weight is 402 g/mol. The Balaban J connectivity index is 2.12. The van der Waals surface area contributed by atoms with Gasteiger partial charge in [0.15, 0.2) is 0 Å². The molecule has 1 aliphatic heterocycles. The van der Waals surface area contributed by atoms with E-state index in [1.807, 2.05) is 38.1 Å². The molecule has 0 bridgehead atoms. The number of piperazine rings is 1. The summed E-state index contributed by atoms with van der Waals surface area (Å²) in [6.45, 7) is 8.12. The van der Waals surface area contributed by atoms with E-state index in [9.17, 15) is 15.0 Å². The number of aromatic nitrogens is 1. The number of ether oxygens (including phenoxy) is 1. The summed E-state index contributed by atoms with van der Waals surface area (Å²) in [5, 5.41) is 20.1. The van der Waals surface area contributed by atoms with Gasteiger partial charge in [0.1, 0.15) is 11.5 Å². The lowest BCUT2D eigenvalue weighted by Gasteiger charge is -2.39. The Morgan fingerprint density at radius 2 is 1.86 bits per heavy atom. The molecular weight excluding hydrogens is 370 g/mol. The second-order valence-corrected chi connectivity index (χ2v) is 7.38. The van der Waals surface area contributed by atoms with Crippen molar-refractivity contribution >= 4 is 0 Å². The molecule has 7 nitrogen and oxygen atoms in total. The summed E-state index contributed by atoms with van der Waals surface area (Å²) in [5.74, 6) is 0.712. The van der Waals surface area contributed by atoms with Gasteiger partial charge in [-0.25, -0.2) is 0 Å². The van der Waals surface area contributed by atoms with Crippen molar-refractivity contribution in [3.63, 3.8) is 0 Å². The van der Waals surface area contributed by atoms with E-state index in [1.165, 1.54) is 0 Å². The van der Waals surface area contributed by atoms with Gasteiger partial charge in [-0.05, 0) is 26.0 Å². The number of aliphatic hydroxyl groups is 1. The molecule has 3 rings (SSSR count). The molecule has 1 saturated heterocycles. The molecule has 2 N–H and O–H groups in total. The van der Waals surface area contributed by atoms with Crippen molar-refractivity contribution in [2.45, 2.75) is 26.4 Å². The highest BCUT2D eigenvalue weighted by Crippen LogP contribution is 2.37. The molecule has 0 unspecified atom stereocenters. The predicted molar refractivity (Wildman–Crippen MR) is 113 cm³/mol. The zero-order valence-corrected chi connectivity index (χ0v) is 17.5. The van der Waals surface area contributed by atoms with Gasteiger partial charge in [0, 0.05) is 50.5 Å². The maximum absolute atomic E-state index is 13.4. The van der Waals surface area contributed by atoms with Gasteiger partial charge in [0.25, 0.3) is 5.56 Å². The molecule has 0 spiro atoms. The number of aryl methyl sites for hydroxylation is 1. The van der Waals surface area contributed by atoms with Crippen molar-refractivity contribution in [3.8, 4) is 11.5 Å². The lowest BCUT2D eigenvalue weighted by Crippen LogP contribution is -2.49. The minimum absolute atomic E-state index is 0.0193. The van der Waals surface area contributed by atoms with E-state index < -0.39 is 6.04 Å². The molecule has 0 saturated carbocycles. The Morgan fingerprint density at radius 1 is 1.17 bits per heavy atom. The fourth-order valence-corrected chi connectivity index (χ4v) is 4.23. The van der Waals surface area contributed by atoms with Gasteiger partial charge < -0.3 is 19.5 Å². The number of hydrogen-bond donors (Lipinski definition) is 2. The molecule has 1 aromatic heterocycles. The first-order valence-electron chi connectivity index (χ1n) is 10.1. The molecule has 2 aromatic rings. The number of nitrogens with zero attached hydrogens (tertiary/aromatic N) is 3. The molecule has 1 aromatic carbocycles. The van der Waals surface area contributed by atoms with Crippen LogP contribution in [-0.2, 0) is 6.54 Å². The molecule has 2 heterocycles. The smallest absolute Gasteiger partial charge is 0.259 e. The minimum Gasteiger partial charge on any atom is -0.507 e. The van der Waals surface area contributed by atoms with Crippen molar-refractivity contribution in [2.75, 3.05) is 46.4 Å². The second kappa shape index (κ2) is 9.43. The first-order valence-corrected chi connectivity index (χ1v) is 10.1. The van der Waals surface area contributed by atoms with Crippen LogP contribution in [0.2, 0.25) is 0 Å². The highest BCUT2D eigenvalue weighted by Gasteiger charge is 2.32. The standard InChI is InChI=1S/C22H31N3O4/c1-4-25-16(2)15-18(27)20(22(25)28)21(17-7-5-6-8-19(17)29-3)24-11-9-23(10-12-24)13-14-26/h5-8,15,21,26-27H,4,9-14H2,1-3H3/t21-/m0/s1. The molecule has 1 aliphatic rings. The fraction of sp³-hybridized carbons (Fsp3) is 0.500. The molecule has 0 radical (unpaired) electrons.